The van der Waals surface area contributed by atoms with E-state index in [0.29, 0.717) is 25.8 Å². The molecule has 1 saturated heterocycles. The Hall–Kier alpha value is -0.600. The highest BCUT2D eigenvalue weighted by molar-refractivity contribution is 7.89. The van der Waals surface area contributed by atoms with Gasteiger partial charge < -0.3 is 0 Å². The summed E-state index contributed by atoms with van der Waals surface area (Å²) < 4.78 is 26.0. The molecule has 0 aromatic rings. The van der Waals surface area contributed by atoms with Gasteiger partial charge in [-0.1, -0.05) is 13.3 Å². The lowest BCUT2D eigenvalue weighted by Crippen LogP contribution is -2.44. The van der Waals surface area contributed by atoms with Crippen LogP contribution in [0.1, 0.15) is 51.9 Å². The van der Waals surface area contributed by atoms with Gasteiger partial charge in [-0.2, -0.15) is 9.57 Å². The van der Waals surface area contributed by atoms with Crippen molar-refractivity contribution in [3.05, 3.63) is 0 Å². The fourth-order valence-corrected chi connectivity index (χ4v) is 4.27. The van der Waals surface area contributed by atoms with Crippen LogP contribution in [-0.4, -0.2) is 31.1 Å². The Labute approximate surface area is 105 Å². The molecule has 4 nitrogen and oxygen atoms in total. The normalized spacial score (nSPS) is 22.2. The van der Waals surface area contributed by atoms with E-state index in [1.807, 2.05) is 13.0 Å². The molecule has 98 valence electrons. The molecular weight excluding hydrogens is 236 g/mol. The second-order valence-corrected chi connectivity index (χ2v) is 6.64. The van der Waals surface area contributed by atoms with Gasteiger partial charge in [0.25, 0.3) is 0 Å². The second kappa shape index (κ2) is 6.97. The van der Waals surface area contributed by atoms with Gasteiger partial charge in [0.15, 0.2) is 0 Å². The summed E-state index contributed by atoms with van der Waals surface area (Å²) in [5.74, 6) is 0.200. The molecule has 0 radical (unpaired) electrons. The van der Waals surface area contributed by atoms with Crippen LogP contribution < -0.4 is 0 Å². The molecule has 1 rings (SSSR count). The van der Waals surface area contributed by atoms with E-state index in [1.54, 1.807) is 4.31 Å². The molecule has 0 aromatic carbocycles. The number of nitrogens with zero attached hydrogens (tertiary/aromatic N) is 2. The lowest BCUT2D eigenvalue weighted by Gasteiger charge is -2.34. The number of nitriles is 1. The van der Waals surface area contributed by atoms with Crippen LogP contribution in [0.4, 0.5) is 0 Å². The van der Waals surface area contributed by atoms with Gasteiger partial charge >= 0.3 is 0 Å². The second-order valence-electron chi connectivity index (χ2n) is 4.60. The Bertz CT molecular complexity index is 359. The first-order valence-corrected chi connectivity index (χ1v) is 8.09. The summed E-state index contributed by atoms with van der Waals surface area (Å²) in [6, 6.07) is 2.24. The van der Waals surface area contributed by atoms with Crippen LogP contribution in [0, 0.1) is 11.3 Å². The minimum absolute atomic E-state index is 0.199. The van der Waals surface area contributed by atoms with Crippen LogP contribution in [0.3, 0.4) is 0 Å². The molecule has 0 aromatic heterocycles. The highest BCUT2D eigenvalue weighted by atomic mass is 32.2. The summed E-state index contributed by atoms with van der Waals surface area (Å²) in [7, 11) is -3.10. The van der Waals surface area contributed by atoms with E-state index < -0.39 is 10.0 Å². The topological polar surface area (TPSA) is 61.2 Å². The summed E-state index contributed by atoms with van der Waals surface area (Å²) in [6.45, 7) is 2.73. The van der Waals surface area contributed by atoms with E-state index in [1.165, 1.54) is 0 Å². The van der Waals surface area contributed by atoms with Crippen LogP contribution in [0.25, 0.3) is 0 Å². The highest BCUT2D eigenvalue weighted by Crippen LogP contribution is 2.23. The molecular formula is C12H22N2O2S. The maximum absolute atomic E-state index is 12.2. The van der Waals surface area contributed by atoms with Crippen LogP contribution in [-0.2, 0) is 10.0 Å². The van der Waals surface area contributed by atoms with Gasteiger partial charge in [-0.05, 0) is 32.1 Å². The van der Waals surface area contributed by atoms with Crippen LogP contribution in [0.15, 0.2) is 0 Å². The third-order valence-electron chi connectivity index (χ3n) is 3.34. The number of unbranched alkanes of at least 4 members (excludes halogenated alkanes) is 2. The Kier molecular flexibility index (Phi) is 5.93. The van der Waals surface area contributed by atoms with Gasteiger partial charge in [-0.25, -0.2) is 8.42 Å². The summed E-state index contributed by atoms with van der Waals surface area (Å²) in [5.41, 5.74) is 0. The van der Waals surface area contributed by atoms with Crippen molar-refractivity contribution in [2.24, 2.45) is 0 Å². The molecule has 1 atom stereocenters. The van der Waals surface area contributed by atoms with E-state index in [-0.39, 0.29) is 11.8 Å². The van der Waals surface area contributed by atoms with Crippen molar-refractivity contribution in [3.8, 4) is 6.07 Å². The maximum Gasteiger partial charge on any atom is 0.214 e. The molecule has 0 amide bonds. The van der Waals surface area contributed by atoms with Crippen molar-refractivity contribution >= 4 is 10.0 Å². The fourth-order valence-electron chi connectivity index (χ4n) is 2.35. The van der Waals surface area contributed by atoms with Crippen molar-refractivity contribution in [3.63, 3.8) is 0 Å². The van der Waals surface area contributed by atoms with E-state index in [4.69, 9.17) is 5.26 Å². The Morgan fingerprint density at radius 1 is 1.35 bits per heavy atom. The maximum atomic E-state index is 12.2. The predicted molar refractivity (Wildman–Crippen MR) is 67.9 cm³/mol. The third-order valence-corrected chi connectivity index (χ3v) is 5.34. The number of sulfonamides is 1. The Morgan fingerprint density at radius 2 is 2.12 bits per heavy atom. The summed E-state index contributed by atoms with van der Waals surface area (Å²) in [5, 5.41) is 8.41. The van der Waals surface area contributed by atoms with Crippen molar-refractivity contribution in [1.29, 1.82) is 5.26 Å². The molecule has 17 heavy (non-hydrogen) atoms. The zero-order chi connectivity index (χ0) is 12.7. The van der Waals surface area contributed by atoms with Crippen LogP contribution >= 0.6 is 0 Å². The standard InChI is InChI=1S/C12H22N2O2S/c1-2-12-8-4-6-10-14(12)17(15,16)11-7-3-5-9-13/h12H,2-8,10-11H2,1H3. The summed E-state index contributed by atoms with van der Waals surface area (Å²) in [6.07, 6.45) is 5.74. The van der Waals surface area contributed by atoms with Gasteiger partial charge in [0.05, 0.1) is 11.8 Å². The Balaban J connectivity index is 2.52. The molecule has 0 aliphatic carbocycles. The van der Waals surface area contributed by atoms with Crippen molar-refractivity contribution in [2.75, 3.05) is 12.3 Å². The zero-order valence-corrected chi connectivity index (χ0v) is 11.4. The summed E-state index contributed by atoms with van der Waals surface area (Å²) >= 11 is 0. The first-order chi connectivity index (χ1) is 8.11. The molecule has 0 spiro atoms. The largest absolute Gasteiger partial charge is 0.214 e. The first-order valence-electron chi connectivity index (χ1n) is 6.48. The lowest BCUT2D eigenvalue weighted by atomic mass is 10.0. The average molecular weight is 258 g/mol. The number of hydrogen-bond donors (Lipinski definition) is 0. The van der Waals surface area contributed by atoms with Gasteiger partial charge in [-0.3, -0.25) is 0 Å². The molecule has 0 saturated carbocycles. The highest BCUT2D eigenvalue weighted by Gasteiger charge is 2.30. The quantitative estimate of drug-likeness (QED) is 0.687. The van der Waals surface area contributed by atoms with Gasteiger partial charge in [-0.15, -0.1) is 0 Å². The molecule has 1 aliphatic rings. The summed E-state index contributed by atoms with van der Waals surface area (Å²) in [4.78, 5) is 0. The zero-order valence-electron chi connectivity index (χ0n) is 10.6. The van der Waals surface area contributed by atoms with Crippen LogP contribution in [0.2, 0.25) is 0 Å². The predicted octanol–water partition coefficient (Wildman–Crippen LogP) is 2.27. The van der Waals surface area contributed by atoms with Crippen molar-refractivity contribution in [2.45, 2.75) is 57.9 Å². The molecule has 0 bridgehead atoms. The van der Waals surface area contributed by atoms with Gasteiger partial charge in [0.1, 0.15) is 0 Å². The molecule has 0 N–H and O–H groups in total. The van der Waals surface area contributed by atoms with Gasteiger partial charge in [0.2, 0.25) is 10.0 Å². The average Bonchev–Trinajstić information content (AvgIpc) is 2.34. The van der Waals surface area contributed by atoms with E-state index in [9.17, 15) is 8.42 Å². The van der Waals surface area contributed by atoms with Crippen molar-refractivity contribution in [1.82, 2.24) is 4.31 Å². The number of rotatable bonds is 6. The molecule has 5 heteroatoms. The number of piperidine rings is 1. The number of hydrogen-bond acceptors (Lipinski definition) is 3. The van der Waals surface area contributed by atoms with E-state index in [2.05, 4.69) is 0 Å². The smallest absolute Gasteiger partial charge is 0.212 e. The minimum atomic E-state index is -3.10. The minimum Gasteiger partial charge on any atom is -0.212 e. The molecule has 1 unspecified atom stereocenters. The fraction of sp³-hybridized carbons (Fsp3) is 0.917. The van der Waals surface area contributed by atoms with Gasteiger partial charge in [0, 0.05) is 19.0 Å². The first kappa shape index (κ1) is 14.5. The van der Waals surface area contributed by atoms with E-state index >= 15 is 0 Å². The third kappa shape index (κ3) is 4.29. The van der Waals surface area contributed by atoms with Crippen molar-refractivity contribution < 1.29 is 8.42 Å². The molecule has 1 aliphatic heterocycles. The lowest BCUT2D eigenvalue weighted by molar-refractivity contribution is 0.246. The SMILES string of the molecule is CCC1CCCCN1S(=O)(=O)CCCCC#N. The molecule has 1 heterocycles. The Morgan fingerprint density at radius 3 is 2.76 bits per heavy atom. The molecule has 1 fully saturated rings. The monoisotopic (exact) mass is 258 g/mol. The van der Waals surface area contributed by atoms with E-state index in [0.717, 1.165) is 25.7 Å². The van der Waals surface area contributed by atoms with Crippen LogP contribution in [0.5, 0.6) is 0 Å².